The summed E-state index contributed by atoms with van der Waals surface area (Å²) in [5.74, 6) is 0.906. The number of aromatic amines is 2. The fraction of sp³-hybridized carbons (Fsp3) is 0.296. The van der Waals surface area contributed by atoms with Crippen LogP contribution in [0.4, 0.5) is 15.9 Å². The Bertz CT molecular complexity index is 1600. The van der Waals surface area contributed by atoms with Crippen LogP contribution in [-0.2, 0) is 0 Å². The van der Waals surface area contributed by atoms with Crippen LogP contribution in [-0.4, -0.2) is 48.2 Å². The van der Waals surface area contributed by atoms with Gasteiger partial charge in [0.1, 0.15) is 17.0 Å². The Morgan fingerprint density at radius 3 is 2.86 bits per heavy atom. The molecule has 0 bridgehead atoms. The molecule has 9 nitrogen and oxygen atoms in total. The lowest BCUT2D eigenvalue weighted by Crippen LogP contribution is -2.30. The molecule has 0 saturated carbocycles. The van der Waals surface area contributed by atoms with Crippen LogP contribution < -0.4 is 10.2 Å². The predicted octanol–water partition coefficient (Wildman–Crippen LogP) is 5.81. The molecular weight excluding hydrogens is 469 g/mol. The zero-order chi connectivity index (χ0) is 25.4. The Hall–Kier alpha value is -4.34. The first-order chi connectivity index (χ1) is 18.1. The molecule has 5 aromatic heterocycles. The van der Waals surface area contributed by atoms with Crippen molar-refractivity contribution in [3.8, 4) is 22.6 Å². The minimum atomic E-state index is -0.435. The third-order valence-corrected chi connectivity index (χ3v) is 6.72. The molecule has 0 unspecified atom stereocenters. The molecule has 37 heavy (non-hydrogen) atoms. The Balaban J connectivity index is 1.41. The molecule has 5 aromatic rings. The summed E-state index contributed by atoms with van der Waals surface area (Å²) in [4.78, 5) is 23.7. The van der Waals surface area contributed by atoms with Crippen LogP contribution in [0.2, 0.25) is 0 Å². The van der Waals surface area contributed by atoms with E-state index >= 15 is 4.39 Å². The van der Waals surface area contributed by atoms with Gasteiger partial charge in [-0.2, -0.15) is 5.10 Å². The third kappa shape index (κ3) is 4.28. The van der Waals surface area contributed by atoms with E-state index in [2.05, 4.69) is 53.9 Å². The van der Waals surface area contributed by atoms with Gasteiger partial charge in [0.05, 0.1) is 22.8 Å². The van der Waals surface area contributed by atoms with E-state index in [4.69, 9.17) is 4.98 Å². The summed E-state index contributed by atoms with van der Waals surface area (Å²) in [5.41, 5.74) is 4.91. The molecule has 0 aromatic carbocycles. The number of imidazole rings is 1. The van der Waals surface area contributed by atoms with Gasteiger partial charge in [-0.1, -0.05) is 19.9 Å². The van der Waals surface area contributed by atoms with Gasteiger partial charge >= 0.3 is 0 Å². The first kappa shape index (κ1) is 23.1. The number of allylic oxidation sites excluding steroid dienone is 1. The fourth-order valence-electron chi connectivity index (χ4n) is 4.92. The average molecular weight is 498 g/mol. The second-order valence-corrected chi connectivity index (χ2v) is 9.39. The van der Waals surface area contributed by atoms with Crippen molar-refractivity contribution in [2.24, 2.45) is 0 Å². The van der Waals surface area contributed by atoms with E-state index in [-0.39, 0.29) is 11.0 Å². The van der Waals surface area contributed by atoms with E-state index < -0.39 is 5.82 Å². The van der Waals surface area contributed by atoms with Gasteiger partial charge < -0.3 is 15.2 Å². The van der Waals surface area contributed by atoms with Gasteiger partial charge in [-0.3, -0.25) is 10.1 Å². The quantitative estimate of drug-likeness (QED) is 0.260. The van der Waals surface area contributed by atoms with Gasteiger partial charge in [0.25, 0.3) is 0 Å². The van der Waals surface area contributed by atoms with Crippen molar-refractivity contribution >= 4 is 33.6 Å². The average Bonchev–Trinajstić information content (AvgIpc) is 3.54. The number of nitrogens with one attached hydrogen (secondary N) is 3. The van der Waals surface area contributed by atoms with Gasteiger partial charge in [-0.15, -0.1) is 0 Å². The summed E-state index contributed by atoms with van der Waals surface area (Å²) in [7, 11) is 0. The van der Waals surface area contributed by atoms with Gasteiger partial charge in [0.15, 0.2) is 17.3 Å². The van der Waals surface area contributed by atoms with Crippen molar-refractivity contribution in [3.63, 3.8) is 0 Å². The number of fused-ring (bicyclic) bond motifs is 2. The Labute approximate surface area is 213 Å². The number of hydrogen-bond donors (Lipinski definition) is 3. The largest absolute Gasteiger partial charge is 0.358 e. The Kier molecular flexibility index (Phi) is 5.99. The lowest BCUT2D eigenvalue weighted by molar-refractivity contribution is 0.574. The monoisotopic (exact) mass is 497 g/mol. The van der Waals surface area contributed by atoms with Gasteiger partial charge in [0.2, 0.25) is 0 Å². The van der Waals surface area contributed by atoms with Crippen LogP contribution in [0.25, 0.3) is 44.7 Å². The zero-order valence-electron chi connectivity index (χ0n) is 20.7. The highest BCUT2D eigenvalue weighted by molar-refractivity contribution is 5.96. The molecule has 188 valence electrons. The molecule has 1 aliphatic heterocycles. The molecule has 0 amide bonds. The summed E-state index contributed by atoms with van der Waals surface area (Å²) in [5, 5.41) is 10.7. The number of hydrogen-bond acceptors (Lipinski definition) is 7. The highest BCUT2D eigenvalue weighted by Crippen LogP contribution is 2.34. The number of nitrogens with zero attached hydrogens (tertiary/aromatic N) is 6. The molecule has 10 heteroatoms. The molecule has 6 heterocycles. The van der Waals surface area contributed by atoms with E-state index in [1.165, 1.54) is 12.6 Å². The molecule has 0 radical (unpaired) electrons. The number of H-pyrrole nitrogens is 2. The highest BCUT2D eigenvalue weighted by Gasteiger charge is 2.22. The van der Waals surface area contributed by atoms with Gasteiger partial charge in [0, 0.05) is 48.5 Å². The number of aromatic nitrogens is 7. The molecule has 0 atom stereocenters. The number of rotatable bonds is 7. The molecule has 6 rings (SSSR count). The first-order valence-corrected chi connectivity index (χ1v) is 12.6. The molecule has 3 N–H and O–H groups in total. The van der Waals surface area contributed by atoms with Crippen LogP contribution >= 0.6 is 0 Å². The molecular formula is C27H28FN9. The summed E-state index contributed by atoms with van der Waals surface area (Å²) in [6.07, 6.45) is 11.9. The maximum atomic E-state index is 16.0. The molecule has 0 aliphatic carbocycles. The lowest BCUT2D eigenvalue weighted by atomic mass is 10.1. The van der Waals surface area contributed by atoms with E-state index in [1.807, 2.05) is 12.1 Å². The van der Waals surface area contributed by atoms with Crippen LogP contribution in [0, 0.1) is 5.82 Å². The predicted molar refractivity (Wildman–Crippen MR) is 144 cm³/mol. The van der Waals surface area contributed by atoms with E-state index in [0.717, 1.165) is 67.0 Å². The van der Waals surface area contributed by atoms with Crippen molar-refractivity contribution in [2.45, 2.75) is 39.0 Å². The first-order valence-electron chi connectivity index (χ1n) is 12.6. The van der Waals surface area contributed by atoms with Crippen molar-refractivity contribution in [2.75, 3.05) is 23.3 Å². The van der Waals surface area contributed by atoms with Gasteiger partial charge in [-0.05, 0) is 37.8 Å². The summed E-state index contributed by atoms with van der Waals surface area (Å²) in [6, 6.07) is 3.73. The van der Waals surface area contributed by atoms with Crippen molar-refractivity contribution < 1.29 is 4.39 Å². The Morgan fingerprint density at radius 1 is 1.16 bits per heavy atom. The minimum Gasteiger partial charge on any atom is -0.358 e. The maximum Gasteiger partial charge on any atom is 0.184 e. The topological polar surface area (TPSA) is 111 Å². The molecule has 1 aliphatic rings. The van der Waals surface area contributed by atoms with E-state index in [0.29, 0.717) is 22.6 Å². The third-order valence-electron chi connectivity index (χ3n) is 6.72. The normalized spacial score (nSPS) is 13.9. The standard InChI is InChI=1S/C27H28FN9/c1-3-7-16(2)32-18-12-17(13-29-14-18)19-15-31-25-21(22(19)28)24(35-36-25)26-33-20-8-9-30-27(23(20)34-26)37-10-5-4-6-11-37/h8-9,12-15,32H,2-7,10-11H2,1H3,(H,33,34)(H,31,35,36). The highest BCUT2D eigenvalue weighted by atomic mass is 19.1. The lowest BCUT2D eigenvalue weighted by Gasteiger charge is -2.27. The fourth-order valence-corrected chi connectivity index (χ4v) is 4.92. The number of halogens is 1. The minimum absolute atomic E-state index is 0.276. The van der Waals surface area contributed by atoms with E-state index in [1.54, 1.807) is 18.6 Å². The van der Waals surface area contributed by atoms with Gasteiger partial charge in [-0.25, -0.2) is 19.3 Å². The molecule has 1 fully saturated rings. The van der Waals surface area contributed by atoms with Crippen LogP contribution in [0.5, 0.6) is 0 Å². The van der Waals surface area contributed by atoms with Crippen molar-refractivity contribution in [3.05, 3.63) is 55.0 Å². The second kappa shape index (κ2) is 9.61. The van der Waals surface area contributed by atoms with Crippen LogP contribution in [0.3, 0.4) is 0 Å². The van der Waals surface area contributed by atoms with Crippen LogP contribution in [0.1, 0.15) is 39.0 Å². The summed E-state index contributed by atoms with van der Waals surface area (Å²) >= 11 is 0. The Morgan fingerprint density at radius 2 is 2.03 bits per heavy atom. The van der Waals surface area contributed by atoms with E-state index in [9.17, 15) is 0 Å². The number of anilines is 2. The van der Waals surface area contributed by atoms with Crippen molar-refractivity contribution in [1.29, 1.82) is 0 Å². The molecule has 1 saturated heterocycles. The summed E-state index contributed by atoms with van der Waals surface area (Å²) in [6.45, 7) is 8.04. The zero-order valence-corrected chi connectivity index (χ0v) is 20.7. The SMILES string of the molecule is C=C(CCC)Nc1cncc(-c2cnc3n[nH]c(-c4nc5c(N6CCCCC6)nccc5[nH]4)c3c2F)c1. The number of pyridine rings is 3. The summed E-state index contributed by atoms with van der Waals surface area (Å²) < 4.78 is 16.0. The smallest absolute Gasteiger partial charge is 0.184 e. The number of piperidine rings is 1. The van der Waals surface area contributed by atoms with Crippen LogP contribution in [0.15, 0.2) is 49.2 Å². The second-order valence-electron chi connectivity index (χ2n) is 9.39. The maximum absolute atomic E-state index is 16.0. The van der Waals surface area contributed by atoms with Crippen molar-refractivity contribution in [1.82, 2.24) is 35.1 Å². The molecule has 0 spiro atoms.